The smallest absolute Gasteiger partial charge is 0.251 e. The minimum Gasteiger partial charge on any atom is -0.349 e. The van der Waals surface area contributed by atoms with E-state index < -0.39 is 15.3 Å². The molecule has 0 bridgehead atoms. The summed E-state index contributed by atoms with van der Waals surface area (Å²) in [6.07, 6.45) is 2.70. The quantitative estimate of drug-likeness (QED) is 0.698. The van der Waals surface area contributed by atoms with Crippen molar-refractivity contribution in [1.29, 1.82) is 0 Å². The first-order chi connectivity index (χ1) is 11.2. The van der Waals surface area contributed by atoms with Gasteiger partial charge in [0.15, 0.2) is 0 Å². The van der Waals surface area contributed by atoms with Crippen molar-refractivity contribution in [1.82, 2.24) is 10.0 Å². The summed E-state index contributed by atoms with van der Waals surface area (Å²) in [5.74, 6) is -0.361. The molecule has 1 saturated carbocycles. The van der Waals surface area contributed by atoms with Crippen LogP contribution in [0, 0.1) is 0 Å². The molecule has 0 spiro atoms. The number of nitrogens with one attached hydrogen (secondary N) is 2. The standard InChI is InChI=1S/C17H24N2O4S/c1-11(2)24(22,23)18-9-12(3)16-7-4-13(8-14(16)10-20)17(21)19-15-5-6-15/h4,7-8,10-12,15,18H,5-6,9H2,1-3H3,(H,19,21). The lowest BCUT2D eigenvalue weighted by Crippen LogP contribution is -2.33. The molecule has 1 aromatic rings. The van der Waals surface area contributed by atoms with Gasteiger partial charge >= 0.3 is 0 Å². The summed E-state index contributed by atoms with van der Waals surface area (Å²) in [6.45, 7) is 5.26. The number of amides is 1. The number of sulfonamides is 1. The van der Waals surface area contributed by atoms with Crippen molar-refractivity contribution in [3.8, 4) is 0 Å². The first kappa shape index (κ1) is 18.6. The minimum atomic E-state index is -3.35. The minimum absolute atomic E-state index is 0.180. The molecule has 1 atom stereocenters. The van der Waals surface area contributed by atoms with Crippen molar-refractivity contribution in [3.05, 3.63) is 34.9 Å². The molecule has 7 heteroatoms. The van der Waals surface area contributed by atoms with Crippen LogP contribution in [-0.2, 0) is 10.0 Å². The van der Waals surface area contributed by atoms with Gasteiger partial charge in [-0.15, -0.1) is 0 Å². The van der Waals surface area contributed by atoms with Gasteiger partial charge in [0, 0.05) is 23.7 Å². The predicted molar refractivity (Wildman–Crippen MR) is 92.8 cm³/mol. The average Bonchev–Trinajstić information content (AvgIpc) is 3.35. The van der Waals surface area contributed by atoms with Gasteiger partial charge in [0.05, 0.1) is 5.25 Å². The van der Waals surface area contributed by atoms with Crippen molar-refractivity contribution in [3.63, 3.8) is 0 Å². The molecule has 2 rings (SSSR count). The first-order valence-corrected chi connectivity index (χ1v) is 9.67. The molecule has 1 aliphatic carbocycles. The van der Waals surface area contributed by atoms with Gasteiger partial charge in [-0.1, -0.05) is 13.0 Å². The molecule has 0 aliphatic heterocycles. The maximum absolute atomic E-state index is 12.1. The van der Waals surface area contributed by atoms with Gasteiger partial charge in [0.1, 0.15) is 6.29 Å². The monoisotopic (exact) mass is 352 g/mol. The van der Waals surface area contributed by atoms with Gasteiger partial charge in [0.2, 0.25) is 10.0 Å². The summed E-state index contributed by atoms with van der Waals surface area (Å²) in [5.41, 5.74) is 1.58. The SMILES string of the molecule is CC(CNS(=O)(=O)C(C)C)c1ccc(C(=O)NC2CC2)cc1C=O. The highest BCUT2D eigenvalue weighted by Gasteiger charge is 2.24. The number of aldehydes is 1. The Kier molecular flexibility index (Phi) is 5.77. The van der Waals surface area contributed by atoms with E-state index in [-0.39, 0.29) is 24.4 Å². The normalized spacial score (nSPS) is 16.0. The van der Waals surface area contributed by atoms with Crippen LogP contribution >= 0.6 is 0 Å². The summed E-state index contributed by atoms with van der Waals surface area (Å²) >= 11 is 0. The Hall–Kier alpha value is -1.73. The third kappa shape index (κ3) is 4.64. The Morgan fingerprint density at radius 3 is 2.50 bits per heavy atom. The van der Waals surface area contributed by atoms with Crippen LogP contribution in [0.1, 0.15) is 65.8 Å². The summed E-state index contributed by atoms with van der Waals surface area (Å²) in [6, 6.07) is 5.21. The first-order valence-electron chi connectivity index (χ1n) is 8.13. The fourth-order valence-corrected chi connectivity index (χ4v) is 3.10. The molecule has 1 unspecified atom stereocenters. The molecule has 0 heterocycles. The van der Waals surface area contributed by atoms with Crippen molar-refractivity contribution in [2.75, 3.05) is 6.54 Å². The highest BCUT2D eigenvalue weighted by atomic mass is 32.2. The molecule has 24 heavy (non-hydrogen) atoms. The fraction of sp³-hybridized carbons (Fsp3) is 0.529. The van der Waals surface area contributed by atoms with Crippen molar-refractivity contribution in [2.24, 2.45) is 0 Å². The maximum Gasteiger partial charge on any atom is 0.251 e. The van der Waals surface area contributed by atoms with E-state index in [1.165, 1.54) is 0 Å². The third-order valence-corrected chi connectivity index (χ3v) is 5.94. The van der Waals surface area contributed by atoms with E-state index in [0.717, 1.165) is 18.4 Å². The summed E-state index contributed by atoms with van der Waals surface area (Å²) < 4.78 is 26.2. The highest BCUT2D eigenvalue weighted by molar-refractivity contribution is 7.90. The van der Waals surface area contributed by atoms with E-state index in [4.69, 9.17) is 0 Å². The molecule has 2 N–H and O–H groups in total. The van der Waals surface area contributed by atoms with Crippen molar-refractivity contribution < 1.29 is 18.0 Å². The molecule has 1 amide bonds. The van der Waals surface area contributed by atoms with Gasteiger partial charge in [-0.2, -0.15) is 0 Å². The number of carbonyl (C=O) groups is 2. The molecule has 0 saturated heterocycles. The number of carbonyl (C=O) groups excluding carboxylic acids is 2. The third-order valence-electron chi connectivity index (χ3n) is 4.13. The Morgan fingerprint density at radius 1 is 1.29 bits per heavy atom. The molecular formula is C17H24N2O4S. The van der Waals surface area contributed by atoms with Gasteiger partial charge in [-0.25, -0.2) is 13.1 Å². The van der Waals surface area contributed by atoms with Crippen LogP contribution in [0.4, 0.5) is 0 Å². The predicted octanol–water partition coefficient (Wildman–Crippen LogP) is 1.82. The van der Waals surface area contributed by atoms with Crippen LogP contribution < -0.4 is 10.0 Å². The van der Waals surface area contributed by atoms with E-state index in [9.17, 15) is 18.0 Å². The highest BCUT2D eigenvalue weighted by Crippen LogP contribution is 2.22. The van der Waals surface area contributed by atoms with Crippen LogP contribution in [0.15, 0.2) is 18.2 Å². The molecule has 0 aromatic heterocycles. The van der Waals surface area contributed by atoms with Crippen LogP contribution in [0.25, 0.3) is 0 Å². The fourth-order valence-electron chi connectivity index (χ4n) is 2.28. The second kappa shape index (κ2) is 7.44. The molecule has 1 fully saturated rings. The molecule has 132 valence electrons. The van der Waals surface area contributed by atoms with Gasteiger partial charge < -0.3 is 5.32 Å². The Labute approximate surface area is 143 Å². The maximum atomic E-state index is 12.1. The zero-order valence-corrected chi connectivity index (χ0v) is 15.0. The second-order valence-corrected chi connectivity index (χ2v) is 8.87. The van der Waals surface area contributed by atoms with Gasteiger partial charge in [0.25, 0.3) is 5.91 Å². The van der Waals surface area contributed by atoms with Gasteiger partial charge in [-0.05, 0) is 50.3 Å². The Bertz CT molecular complexity index is 724. The van der Waals surface area contributed by atoms with Crippen LogP contribution in [0.3, 0.4) is 0 Å². The van der Waals surface area contributed by atoms with E-state index in [1.54, 1.807) is 32.0 Å². The number of hydrogen-bond donors (Lipinski definition) is 2. The Balaban J connectivity index is 2.11. The van der Waals surface area contributed by atoms with Crippen LogP contribution in [0.5, 0.6) is 0 Å². The molecule has 1 aromatic carbocycles. The molecule has 0 radical (unpaired) electrons. The number of benzene rings is 1. The second-order valence-electron chi connectivity index (χ2n) is 6.55. The largest absolute Gasteiger partial charge is 0.349 e. The zero-order chi connectivity index (χ0) is 17.9. The number of rotatable bonds is 8. The van der Waals surface area contributed by atoms with Crippen molar-refractivity contribution in [2.45, 2.75) is 50.8 Å². The lowest BCUT2D eigenvalue weighted by Gasteiger charge is -2.17. The average molecular weight is 352 g/mol. The van der Waals surface area contributed by atoms with E-state index in [0.29, 0.717) is 17.4 Å². The van der Waals surface area contributed by atoms with Crippen molar-refractivity contribution >= 4 is 22.2 Å². The van der Waals surface area contributed by atoms with Crippen LogP contribution in [0.2, 0.25) is 0 Å². The van der Waals surface area contributed by atoms with E-state index >= 15 is 0 Å². The van der Waals surface area contributed by atoms with Crippen LogP contribution in [-0.4, -0.2) is 38.4 Å². The molecule has 1 aliphatic rings. The molecular weight excluding hydrogens is 328 g/mol. The summed E-state index contributed by atoms with van der Waals surface area (Å²) in [4.78, 5) is 23.4. The molecule has 6 nitrogen and oxygen atoms in total. The van der Waals surface area contributed by atoms with E-state index in [1.807, 2.05) is 6.92 Å². The van der Waals surface area contributed by atoms with Gasteiger partial charge in [-0.3, -0.25) is 9.59 Å². The lowest BCUT2D eigenvalue weighted by atomic mass is 9.94. The summed E-state index contributed by atoms with van der Waals surface area (Å²) in [7, 11) is -3.35. The topological polar surface area (TPSA) is 92.3 Å². The summed E-state index contributed by atoms with van der Waals surface area (Å²) in [5, 5.41) is 2.37. The van der Waals surface area contributed by atoms with E-state index in [2.05, 4.69) is 10.0 Å². The lowest BCUT2D eigenvalue weighted by molar-refractivity contribution is 0.0951. The number of hydrogen-bond acceptors (Lipinski definition) is 4. The Morgan fingerprint density at radius 2 is 1.96 bits per heavy atom. The zero-order valence-electron chi connectivity index (χ0n) is 14.2.